The van der Waals surface area contributed by atoms with E-state index in [1.165, 1.54) is 6.07 Å². The second kappa shape index (κ2) is 7.01. The van der Waals surface area contributed by atoms with Crippen molar-refractivity contribution in [3.05, 3.63) is 35.6 Å². The minimum atomic E-state index is -0.164. The molecule has 0 aromatic heterocycles. The van der Waals surface area contributed by atoms with Gasteiger partial charge in [0.05, 0.1) is 0 Å². The van der Waals surface area contributed by atoms with Crippen LogP contribution in [-0.4, -0.2) is 30.2 Å². The topological polar surface area (TPSA) is 23.5 Å². The Kier molecular flexibility index (Phi) is 5.95. The predicted molar refractivity (Wildman–Crippen MR) is 77.5 cm³/mol. The quantitative estimate of drug-likeness (QED) is 0.815. The maximum absolute atomic E-state index is 13.8. The summed E-state index contributed by atoms with van der Waals surface area (Å²) >= 11 is 0. The Hall–Kier alpha value is -0.930. The van der Waals surface area contributed by atoms with E-state index in [4.69, 9.17) is 0 Å². The third kappa shape index (κ3) is 4.29. The molecule has 0 aliphatic heterocycles. The maximum atomic E-state index is 13.8. The molecule has 0 radical (unpaired) electrons. The summed E-state index contributed by atoms with van der Waals surface area (Å²) in [5.41, 5.74) is 0.588. The molecule has 108 valence electrons. The molecule has 2 nitrogen and oxygen atoms in total. The summed E-state index contributed by atoms with van der Waals surface area (Å²) in [6.07, 6.45) is 2.01. The fourth-order valence-electron chi connectivity index (χ4n) is 2.60. The standard InChI is InChI=1S/C16H26FNO/c1-5-10-16(3,12-19)11-18(4)13(2)14-8-6-7-9-15(14)17/h6-9,13,19H,5,10-12H2,1-4H3. The highest BCUT2D eigenvalue weighted by molar-refractivity contribution is 5.20. The molecule has 0 aliphatic carbocycles. The van der Waals surface area contributed by atoms with Crippen molar-refractivity contribution in [1.82, 2.24) is 4.90 Å². The number of aliphatic hydroxyl groups is 1. The minimum absolute atomic E-state index is 0.00364. The van der Waals surface area contributed by atoms with Crippen molar-refractivity contribution in [2.24, 2.45) is 5.41 Å². The van der Waals surface area contributed by atoms with Crippen LogP contribution in [0.1, 0.15) is 45.2 Å². The molecule has 0 amide bonds. The van der Waals surface area contributed by atoms with Crippen LogP contribution in [0.4, 0.5) is 4.39 Å². The Labute approximate surface area is 116 Å². The van der Waals surface area contributed by atoms with E-state index in [1.54, 1.807) is 6.07 Å². The molecule has 0 saturated carbocycles. The average Bonchev–Trinajstić information content (AvgIpc) is 2.38. The van der Waals surface area contributed by atoms with Crippen LogP contribution in [-0.2, 0) is 0 Å². The van der Waals surface area contributed by atoms with Crippen molar-refractivity contribution >= 4 is 0 Å². The molecule has 2 atom stereocenters. The van der Waals surface area contributed by atoms with Gasteiger partial charge in [0.25, 0.3) is 0 Å². The highest BCUT2D eigenvalue weighted by Crippen LogP contribution is 2.28. The van der Waals surface area contributed by atoms with Gasteiger partial charge in [0, 0.05) is 30.2 Å². The zero-order valence-electron chi connectivity index (χ0n) is 12.5. The zero-order valence-corrected chi connectivity index (χ0v) is 12.5. The molecule has 0 spiro atoms. The van der Waals surface area contributed by atoms with Crippen molar-refractivity contribution in [3.63, 3.8) is 0 Å². The van der Waals surface area contributed by atoms with Crippen LogP contribution in [0.15, 0.2) is 24.3 Å². The number of hydrogen-bond donors (Lipinski definition) is 1. The van der Waals surface area contributed by atoms with Gasteiger partial charge in [-0.25, -0.2) is 4.39 Å². The van der Waals surface area contributed by atoms with Gasteiger partial charge >= 0.3 is 0 Å². The summed E-state index contributed by atoms with van der Waals surface area (Å²) in [5, 5.41) is 9.57. The first-order valence-electron chi connectivity index (χ1n) is 6.99. The van der Waals surface area contributed by atoms with E-state index in [0.29, 0.717) is 5.56 Å². The number of halogens is 1. The number of benzene rings is 1. The molecule has 0 saturated heterocycles. The molecular weight excluding hydrogens is 241 g/mol. The monoisotopic (exact) mass is 267 g/mol. The van der Waals surface area contributed by atoms with E-state index in [-0.39, 0.29) is 23.9 Å². The lowest BCUT2D eigenvalue weighted by molar-refractivity contribution is 0.0754. The van der Waals surface area contributed by atoms with Gasteiger partial charge in [0.15, 0.2) is 0 Å². The molecule has 2 unspecified atom stereocenters. The average molecular weight is 267 g/mol. The molecule has 0 bridgehead atoms. The van der Waals surface area contributed by atoms with Gasteiger partial charge in [-0.1, -0.05) is 38.5 Å². The van der Waals surface area contributed by atoms with Crippen molar-refractivity contribution in [2.75, 3.05) is 20.2 Å². The maximum Gasteiger partial charge on any atom is 0.127 e. The Morgan fingerprint density at radius 1 is 1.37 bits per heavy atom. The summed E-state index contributed by atoms with van der Waals surface area (Å²) in [6, 6.07) is 6.90. The summed E-state index contributed by atoms with van der Waals surface area (Å²) in [7, 11) is 1.99. The summed E-state index contributed by atoms with van der Waals surface area (Å²) < 4.78 is 13.8. The minimum Gasteiger partial charge on any atom is -0.396 e. The van der Waals surface area contributed by atoms with E-state index in [2.05, 4.69) is 18.7 Å². The van der Waals surface area contributed by atoms with Crippen LogP contribution in [0.5, 0.6) is 0 Å². The molecular formula is C16H26FNO. The van der Waals surface area contributed by atoms with Gasteiger partial charge in [0.1, 0.15) is 5.82 Å². The molecule has 1 N–H and O–H groups in total. The molecule has 0 fully saturated rings. The first-order chi connectivity index (χ1) is 8.93. The molecule has 1 aromatic rings. The molecule has 0 aliphatic rings. The number of hydrogen-bond acceptors (Lipinski definition) is 2. The SMILES string of the molecule is CCCC(C)(CO)CN(C)C(C)c1ccccc1F. The van der Waals surface area contributed by atoms with Crippen molar-refractivity contribution < 1.29 is 9.50 Å². The first-order valence-corrected chi connectivity index (χ1v) is 6.99. The van der Waals surface area contributed by atoms with Gasteiger partial charge in [-0.3, -0.25) is 4.90 Å². The lowest BCUT2D eigenvalue weighted by Crippen LogP contribution is -2.37. The van der Waals surface area contributed by atoms with Gasteiger partial charge in [-0.15, -0.1) is 0 Å². The summed E-state index contributed by atoms with van der Waals surface area (Å²) in [6.45, 7) is 7.12. The summed E-state index contributed by atoms with van der Waals surface area (Å²) in [5.74, 6) is -0.164. The predicted octanol–water partition coefficient (Wildman–Crippen LogP) is 3.62. The van der Waals surface area contributed by atoms with Crippen LogP contribution in [0, 0.1) is 11.2 Å². The zero-order chi connectivity index (χ0) is 14.5. The highest BCUT2D eigenvalue weighted by Gasteiger charge is 2.27. The van der Waals surface area contributed by atoms with Crippen LogP contribution in [0.25, 0.3) is 0 Å². The smallest absolute Gasteiger partial charge is 0.127 e. The fraction of sp³-hybridized carbons (Fsp3) is 0.625. The largest absolute Gasteiger partial charge is 0.396 e. The normalized spacial score (nSPS) is 16.4. The van der Waals surface area contributed by atoms with Gasteiger partial charge in [0.2, 0.25) is 0 Å². The fourth-order valence-corrected chi connectivity index (χ4v) is 2.60. The van der Waals surface area contributed by atoms with E-state index >= 15 is 0 Å². The lowest BCUT2D eigenvalue weighted by Gasteiger charge is -2.35. The van der Waals surface area contributed by atoms with E-state index in [9.17, 15) is 9.50 Å². The van der Waals surface area contributed by atoms with E-state index < -0.39 is 0 Å². The molecule has 19 heavy (non-hydrogen) atoms. The van der Waals surface area contributed by atoms with Crippen LogP contribution >= 0.6 is 0 Å². The first kappa shape index (κ1) is 16.1. The number of aliphatic hydroxyl groups excluding tert-OH is 1. The lowest BCUT2D eigenvalue weighted by atomic mass is 9.85. The highest BCUT2D eigenvalue weighted by atomic mass is 19.1. The van der Waals surface area contributed by atoms with Crippen LogP contribution < -0.4 is 0 Å². The molecule has 1 rings (SSSR count). The number of nitrogens with zero attached hydrogens (tertiary/aromatic N) is 1. The van der Waals surface area contributed by atoms with E-state index in [1.807, 2.05) is 26.1 Å². The third-order valence-electron chi connectivity index (χ3n) is 3.88. The molecule has 0 heterocycles. The Bertz CT molecular complexity index is 396. The number of rotatable bonds is 7. The molecule has 3 heteroatoms. The Morgan fingerprint density at radius 3 is 2.53 bits per heavy atom. The van der Waals surface area contributed by atoms with Crippen molar-refractivity contribution in [2.45, 2.75) is 39.7 Å². The van der Waals surface area contributed by atoms with Gasteiger partial charge < -0.3 is 5.11 Å². The second-order valence-electron chi connectivity index (χ2n) is 5.83. The Balaban J connectivity index is 2.77. The van der Waals surface area contributed by atoms with Gasteiger partial charge in [-0.2, -0.15) is 0 Å². The van der Waals surface area contributed by atoms with Crippen molar-refractivity contribution in [3.8, 4) is 0 Å². The molecule has 1 aromatic carbocycles. The van der Waals surface area contributed by atoms with Crippen LogP contribution in [0.3, 0.4) is 0 Å². The van der Waals surface area contributed by atoms with Gasteiger partial charge in [-0.05, 0) is 26.5 Å². The summed E-state index contributed by atoms with van der Waals surface area (Å²) in [4.78, 5) is 2.12. The van der Waals surface area contributed by atoms with Crippen LogP contribution in [0.2, 0.25) is 0 Å². The Morgan fingerprint density at radius 2 is 2.00 bits per heavy atom. The third-order valence-corrected chi connectivity index (χ3v) is 3.88. The van der Waals surface area contributed by atoms with Crippen molar-refractivity contribution in [1.29, 1.82) is 0 Å². The van der Waals surface area contributed by atoms with E-state index in [0.717, 1.165) is 19.4 Å². The second-order valence-corrected chi connectivity index (χ2v) is 5.83.